The largest absolute Gasteiger partial charge is 0.394 e. The molecule has 0 aromatic heterocycles. The summed E-state index contributed by atoms with van der Waals surface area (Å²) in [6.07, 6.45) is 0.545. The van der Waals surface area contributed by atoms with Gasteiger partial charge < -0.3 is 15.5 Å². The number of aliphatic hydroxyl groups is 2. The first-order valence-corrected chi connectivity index (χ1v) is 6.39. The molecule has 0 saturated heterocycles. The van der Waals surface area contributed by atoms with Gasteiger partial charge in [0.25, 0.3) is 0 Å². The van der Waals surface area contributed by atoms with E-state index < -0.39 is 17.2 Å². The molecular weight excluding hydrogens is 268 g/mol. The second-order valence-corrected chi connectivity index (χ2v) is 5.49. The van der Waals surface area contributed by atoms with Crippen LogP contribution in [0, 0.1) is 17.6 Å². The minimum absolute atomic E-state index is 0.147. The Labute approximate surface area is 115 Å². The van der Waals surface area contributed by atoms with Crippen molar-refractivity contribution in [2.75, 3.05) is 13.2 Å². The number of carbonyl (C=O) groups excluding carboxylic acids is 1. The molecule has 20 heavy (non-hydrogen) atoms. The summed E-state index contributed by atoms with van der Waals surface area (Å²) in [7, 11) is 0. The van der Waals surface area contributed by atoms with Gasteiger partial charge in [-0.2, -0.15) is 0 Å². The van der Waals surface area contributed by atoms with Gasteiger partial charge in [-0.3, -0.25) is 4.79 Å². The van der Waals surface area contributed by atoms with Crippen LogP contribution in [0.2, 0.25) is 0 Å². The molecule has 1 fully saturated rings. The molecule has 0 bridgehead atoms. The van der Waals surface area contributed by atoms with Gasteiger partial charge in [-0.25, -0.2) is 8.78 Å². The summed E-state index contributed by atoms with van der Waals surface area (Å²) >= 11 is 0. The second-order valence-electron chi connectivity index (χ2n) is 5.49. The van der Waals surface area contributed by atoms with Gasteiger partial charge in [-0.05, 0) is 37.0 Å². The van der Waals surface area contributed by atoms with Crippen molar-refractivity contribution >= 4 is 5.91 Å². The highest BCUT2D eigenvalue weighted by Crippen LogP contribution is 2.47. The van der Waals surface area contributed by atoms with Crippen LogP contribution in [-0.2, 0) is 4.79 Å². The summed E-state index contributed by atoms with van der Waals surface area (Å²) in [4.78, 5) is 12.0. The summed E-state index contributed by atoms with van der Waals surface area (Å²) in [5, 5.41) is 20.8. The van der Waals surface area contributed by atoms with Crippen LogP contribution in [0.4, 0.5) is 8.78 Å². The Morgan fingerprint density at radius 1 is 1.35 bits per heavy atom. The lowest BCUT2D eigenvalue weighted by Crippen LogP contribution is -2.52. The van der Waals surface area contributed by atoms with Crippen LogP contribution in [-0.4, -0.2) is 34.9 Å². The Kier molecular flexibility index (Phi) is 4.06. The molecule has 2 atom stereocenters. The van der Waals surface area contributed by atoms with Crippen LogP contribution in [0.3, 0.4) is 0 Å². The molecule has 0 aliphatic heterocycles. The number of nitrogens with one attached hydrogen (secondary N) is 1. The van der Waals surface area contributed by atoms with Gasteiger partial charge in [0.2, 0.25) is 5.91 Å². The minimum Gasteiger partial charge on any atom is -0.394 e. The van der Waals surface area contributed by atoms with Crippen LogP contribution in [0.15, 0.2) is 18.2 Å². The molecule has 0 heterocycles. The molecule has 1 aromatic carbocycles. The fraction of sp³-hybridized carbons (Fsp3) is 0.500. The van der Waals surface area contributed by atoms with E-state index in [1.807, 2.05) is 0 Å². The fourth-order valence-electron chi connectivity index (χ4n) is 2.12. The monoisotopic (exact) mass is 285 g/mol. The van der Waals surface area contributed by atoms with E-state index in [0.717, 1.165) is 12.1 Å². The molecule has 0 radical (unpaired) electrons. The molecule has 4 nitrogen and oxygen atoms in total. The number of amides is 1. The van der Waals surface area contributed by atoms with E-state index in [1.165, 1.54) is 13.0 Å². The van der Waals surface area contributed by atoms with Gasteiger partial charge in [-0.15, -0.1) is 0 Å². The molecule has 0 unspecified atom stereocenters. The highest BCUT2D eigenvalue weighted by molar-refractivity contribution is 5.83. The molecule has 3 N–H and O–H groups in total. The van der Waals surface area contributed by atoms with Crippen molar-refractivity contribution in [1.29, 1.82) is 0 Å². The lowest BCUT2D eigenvalue weighted by molar-refractivity contribution is -0.125. The maximum Gasteiger partial charge on any atom is 0.224 e. The van der Waals surface area contributed by atoms with Gasteiger partial charge in [0.15, 0.2) is 11.6 Å². The maximum atomic E-state index is 13.1. The molecule has 1 aliphatic rings. The number of hydrogen-bond acceptors (Lipinski definition) is 3. The molecule has 2 rings (SSSR count). The SMILES string of the molecule is CC(CO)(CO)NC(=O)[C@H]1C[C@@H]1c1ccc(F)c(F)c1. The highest BCUT2D eigenvalue weighted by atomic mass is 19.2. The van der Waals surface area contributed by atoms with Crippen LogP contribution >= 0.6 is 0 Å². The van der Waals surface area contributed by atoms with Crippen molar-refractivity contribution in [2.45, 2.75) is 24.8 Å². The zero-order valence-corrected chi connectivity index (χ0v) is 11.1. The molecule has 1 amide bonds. The van der Waals surface area contributed by atoms with Crippen LogP contribution in [0.1, 0.15) is 24.8 Å². The van der Waals surface area contributed by atoms with Gasteiger partial charge in [0.1, 0.15) is 0 Å². The Hall–Kier alpha value is -1.53. The van der Waals surface area contributed by atoms with Crippen LogP contribution in [0.25, 0.3) is 0 Å². The first kappa shape index (κ1) is 14.9. The molecule has 1 saturated carbocycles. The lowest BCUT2D eigenvalue weighted by Gasteiger charge is -2.26. The van der Waals surface area contributed by atoms with Crippen LogP contribution in [0.5, 0.6) is 0 Å². The number of carbonyl (C=O) groups is 1. The van der Waals surface area contributed by atoms with E-state index in [-0.39, 0.29) is 31.0 Å². The topological polar surface area (TPSA) is 69.6 Å². The van der Waals surface area contributed by atoms with E-state index in [9.17, 15) is 13.6 Å². The number of halogens is 2. The van der Waals surface area contributed by atoms with E-state index in [1.54, 1.807) is 0 Å². The van der Waals surface area contributed by atoms with Crippen LogP contribution < -0.4 is 5.32 Å². The Balaban J connectivity index is 2.00. The predicted molar refractivity (Wildman–Crippen MR) is 67.9 cm³/mol. The average Bonchev–Trinajstić information content (AvgIpc) is 3.22. The minimum atomic E-state index is -1.07. The van der Waals surface area contributed by atoms with Gasteiger partial charge in [-0.1, -0.05) is 6.07 Å². The quantitative estimate of drug-likeness (QED) is 0.754. The van der Waals surface area contributed by atoms with Crippen molar-refractivity contribution in [3.8, 4) is 0 Å². The first-order chi connectivity index (χ1) is 9.40. The summed E-state index contributed by atoms with van der Waals surface area (Å²) in [6, 6.07) is 3.61. The zero-order chi connectivity index (χ0) is 14.9. The van der Waals surface area contributed by atoms with Gasteiger partial charge in [0, 0.05) is 5.92 Å². The summed E-state index contributed by atoms with van der Waals surface area (Å²) in [5.41, 5.74) is -0.489. The molecule has 0 spiro atoms. The molecular formula is C14H17F2NO3. The first-order valence-electron chi connectivity index (χ1n) is 6.39. The number of benzene rings is 1. The second kappa shape index (κ2) is 5.46. The van der Waals surface area contributed by atoms with E-state index >= 15 is 0 Å². The molecule has 1 aromatic rings. The highest BCUT2D eigenvalue weighted by Gasteiger charge is 2.45. The fourth-order valence-corrected chi connectivity index (χ4v) is 2.12. The lowest BCUT2D eigenvalue weighted by atomic mass is 10.0. The standard InChI is InChI=1S/C14H17F2NO3/c1-14(6-18,7-19)17-13(20)10-5-9(10)8-2-3-11(15)12(16)4-8/h2-4,9-10,18-19H,5-7H2,1H3,(H,17,20)/t9-,10+/m1/s1. The Morgan fingerprint density at radius 3 is 2.55 bits per heavy atom. The van der Waals surface area contributed by atoms with Crippen molar-refractivity contribution in [1.82, 2.24) is 5.32 Å². The van der Waals surface area contributed by atoms with Crippen molar-refractivity contribution in [3.63, 3.8) is 0 Å². The summed E-state index contributed by atoms with van der Waals surface area (Å²) in [5.74, 6) is -2.62. The maximum absolute atomic E-state index is 13.1. The third-order valence-electron chi connectivity index (χ3n) is 3.62. The van der Waals surface area contributed by atoms with Crippen molar-refractivity contribution in [3.05, 3.63) is 35.4 Å². The molecule has 110 valence electrons. The third kappa shape index (κ3) is 2.96. The van der Waals surface area contributed by atoms with Gasteiger partial charge >= 0.3 is 0 Å². The summed E-state index contributed by atoms with van der Waals surface area (Å²) < 4.78 is 26.0. The number of aliphatic hydroxyl groups excluding tert-OH is 2. The van der Waals surface area contributed by atoms with E-state index in [4.69, 9.17) is 10.2 Å². The van der Waals surface area contributed by atoms with E-state index in [2.05, 4.69) is 5.32 Å². The smallest absolute Gasteiger partial charge is 0.224 e. The van der Waals surface area contributed by atoms with Crippen molar-refractivity contribution in [2.24, 2.45) is 5.92 Å². The number of rotatable bonds is 5. The van der Waals surface area contributed by atoms with E-state index in [0.29, 0.717) is 12.0 Å². The number of hydrogen-bond donors (Lipinski definition) is 3. The summed E-state index contributed by atoms with van der Waals surface area (Å²) in [6.45, 7) is 0.773. The zero-order valence-electron chi connectivity index (χ0n) is 11.1. The van der Waals surface area contributed by atoms with Gasteiger partial charge in [0.05, 0.1) is 18.8 Å². The normalized spacial score (nSPS) is 21.6. The molecule has 1 aliphatic carbocycles. The Morgan fingerprint density at radius 2 is 2.00 bits per heavy atom. The van der Waals surface area contributed by atoms with Crippen molar-refractivity contribution < 1.29 is 23.8 Å². The molecule has 6 heteroatoms. The Bertz CT molecular complexity index is 517. The average molecular weight is 285 g/mol. The predicted octanol–water partition coefficient (Wildman–Crippen LogP) is 0.928. The third-order valence-corrected chi connectivity index (χ3v) is 3.62.